The van der Waals surface area contributed by atoms with Gasteiger partial charge in [-0.2, -0.15) is 0 Å². The molecule has 6 heteroatoms. The largest absolute Gasteiger partial charge is 0.468 e. The Hall–Kier alpha value is -1.30. The average molecular weight is 313 g/mol. The van der Waals surface area contributed by atoms with E-state index >= 15 is 0 Å². The quantitative estimate of drug-likeness (QED) is 0.808. The summed E-state index contributed by atoms with van der Waals surface area (Å²) in [5, 5.41) is -0.363. The Labute approximate surface area is 126 Å². The molecule has 1 aliphatic heterocycles. The maximum Gasteiger partial charge on any atom is 0.222 e. The number of carbonyl (C=O) groups is 1. The number of amides is 1. The Morgan fingerprint density at radius 2 is 2.10 bits per heavy atom. The number of furan rings is 1. The molecule has 5 nitrogen and oxygen atoms in total. The summed E-state index contributed by atoms with van der Waals surface area (Å²) in [6.45, 7) is 3.15. The molecule has 0 spiro atoms. The standard InChI is InChI=1S/C15H23NO4S/c1-2-3-6-15(17)16-9-7-14(8-10-16)21(18,19)12-13-5-4-11-20-13/h4-5,11,14H,2-3,6-10,12H2,1H3. The molecule has 1 aromatic rings. The highest BCUT2D eigenvalue weighted by Crippen LogP contribution is 2.22. The third-order valence-corrected chi connectivity index (χ3v) is 6.14. The zero-order chi connectivity index (χ0) is 15.3. The first kappa shape index (κ1) is 16.1. The molecule has 2 rings (SSSR count). The van der Waals surface area contributed by atoms with Crippen molar-refractivity contribution in [1.82, 2.24) is 4.90 Å². The van der Waals surface area contributed by atoms with E-state index in [4.69, 9.17) is 4.42 Å². The molecule has 0 bridgehead atoms. The zero-order valence-corrected chi connectivity index (χ0v) is 13.3. The summed E-state index contributed by atoms with van der Waals surface area (Å²) in [4.78, 5) is 13.7. The predicted octanol–water partition coefficient (Wildman–Crippen LogP) is 2.38. The Bertz CT molecular complexity index is 542. The second-order valence-corrected chi connectivity index (χ2v) is 7.85. The molecule has 1 aromatic heterocycles. The van der Waals surface area contributed by atoms with Crippen LogP contribution in [0.5, 0.6) is 0 Å². The molecule has 0 unspecified atom stereocenters. The van der Waals surface area contributed by atoms with E-state index < -0.39 is 9.84 Å². The number of sulfone groups is 1. The van der Waals surface area contributed by atoms with E-state index in [0.29, 0.717) is 38.1 Å². The number of rotatable bonds is 6. The van der Waals surface area contributed by atoms with Crippen LogP contribution in [0.3, 0.4) is 0 Å². The molecule has 118 valence electrons. The van der Waals surface area contributed by atoms with Gasteiger partial charge >= 0.3 is 0 Å². The molecule has 0 atom stereocenters. The van der Waals surface area contributed by atoms with E-state index in [1.165, 1.54) is 6.26 Å². The predicted molar refractivity (Wildman–Crippen MR) is 80.5 cm³/mol. The number of hydrogen-bond donors (Lipinski definition) is 0. The molecule has 21 heavy (non-hydrogen) atoms. The minimum Gasteiger partial charge on any atom is -0.468 e. The topological polar surface area (TPSA) is 67.6 Å². The highest BCUT2D eigenvalue weighted by atomic mass is 32.2. The van der Waals surface area contributed by atoms with Crippen molar-refractivity contribution in [3.05, 3.63) is 24.2 Å². The average Bonchev–Trinajstić information content (AvgIpc) is 2.97. The van der Waals surface area contributed by atoms with Crippen LogP contribution >= 0.6 is 0 Å². The molecule has 0 N–H and O–H groups in total. The van der Waals surface area contributed by atoms with E-state index in [1.54, 1.807) is 17.0 Å². The van der Waals surface area contributed by atoms with Crippen molar-refractivity contribution >= 4 is 15.7 Å². The zero-order valence-electron chi connectivity index (χ0n) is 12.5. The van der Waals surface area contributed by atoms with Gasteiger partial charge < -0.3 is 9.32 Å². The summed E-state index contributed by atoms with van der Waals surface area (Å²) < 4.78 is 29.8. The molecular formula is C15H23NO4S. The summed E-state index contributed by atoms with van der Waals surface area (Å²) in [7, 11) is -3.20. The molecule has 1 aliphatic rings. The number of piperidine rings is 1. The first-order valence-corrected chi connectivity index (χ1v) is 9.26. The fourth-order valence-corrected chi connectivity index (χ4v) is 4.39. The second-order valence-electron chi connectivity index (χ2n) is 5.57. The van der Waals surface area contributed by atoms with E-state index in [-0.39, 0.29) is 16.9 Å². The minimum atomic E-state index is -3.20. The second kappa shape index (κ2) is 7.11. The summed E-state index contributed by atoms with van der Waals surface area (Å²) in [6, 6.07) is 3.38. The van der Waals surface area contributed by atoms with Crippen molar-refractivity contribution in [2.45, 2.75) is 50.0 Å². The van der Waals surface area contributed by atoms with E-state index in [0.717, 1.165) is 12.8 Å². The number of nitrogens with zero attached hydrogens (tertiary/aromatic N) is 1. The van der Waals surface area contributed by atoms with Gasteiger partial charge in [-0.05, 0) is 31.4 Å². The third-order valence-electron chi connectivity index (χ3n) is 3.97. The van der Waals surface area contributed by atoms with Crippen LogP contribution in [0.4, 0.5) is 0 Å². The van der Waals surface area contributed by atoms with Gasteiger partial charge in [-0.3, -0.25) is 4.79 Å². The van der Waals surface area contributed by atoms with Crippen LogP contribution in [0, 0.1) is 0 Å². The molecule has 0 aromatic carbocycles. The Kier molecular flexibility index (Phi) is 5.45. The van der Waals surface area contributed by atoms with Crippen LogP contribution in [-0.4, -0.2) is 37.6 Å². The van der Waals surface area contributed by atoms with Crippen molar-refractivity contribution in [1.29, 1.82) is 0 Å². The molecule has 1 amide bonds. The molecule has 0 saturated carbocycles. The van der Waals surface area contributed by atoms with E-state index in [2.05, 4.69) is 6.92 Å². The SMILES string of the molecule is CCCCC(=O)N1CCC(S(=O)(=O)Cc2ccco2)CC1. The minimum absolute atomic E-state index is 0.0472. The molecular weight excluding hydrogens is 290 g/mol. The van der Waals surface area contributed by atoms with Gasteiger partial charge in [-0.25, -0.2) is 8.42 Å². The lowest BCUT2D eigenvalue weighted by Crippen LogP contribution is -2.42. The highest BCUT2D eigenvalue weighted by molar-refractivity contribution is 7.91. The highest BCUT2D eigenvalue weighted by Gasteiger charge is 2.31. The maximum absolute atomic E-state index is 12.3. The molecule has 1 fully saturated rings. The van der Waals surface area contributed by atoms with Crippen molar-refractivity contribution in [2.24, 2.45) is 0 Å². The van der Waals surface area contributed by atoms with Crippen LogP contribution in [0.15, 0.2) is 22.8 Å². The van der Waals surface area contributed by atoms with Crippen molar-refractivity contribution in [3.63, 3.8) is 0 Å². The number of unbranched alkanes of at least 4 members (excludes halogenated alkanes) is 1. The Morgan fingerprint density at radius 1 is 1.38 bits per heavy atom. The number of carbonyl (C=O) groups excluding carboxylic acids is 1. The lowest BCUT2D eigenvalue weighted by molar-refractivity contribution is -0.132. The van der Waals surface area contributed by atoms with Crippen molar-refractivity contribution in [3.8, 4) is 0 Å². The summed E-state index contributed by atoms with van der Waals surface area (Å²) in [5.41, 5.74) is 0. The van der Waals surface area contributed by atoms with Gasteiger partial charge in [0.05, 0.1) is 11.5 Å². The molecule has 2 heterocycles. The van der Waals surface area contributed by atoms with Crippen LogP contribution in [0.2, 0.25) is 0 Å². The van der Waals surface area contributed by atoms with Gasteiger partial charge in [0.2, 0.25) is 5.91 Å². The van der Waals surface area contributed by atoms with Gasteiger partial charge in [0.25, 0.3) is 0 Å². The fourth-order valence-electron chi connectivity index (χ4n) is 2.66. The van der Waals surface area contributed by atoms with Gasteiger partial charge in [-0.1, -0.05) is 13.3 Å². The van der Waals surface area contributed by atoms with Gasteiger partial charge in [0, 0.05) is 19.5 Å². The van der Waals surface area contributed by atoms with Gasteiger partial charge in [0.1, 0.15) is 11.5 Å². The third kappa shape index (κ3) is 4.33. The molecule has 0 aliphatic carbocycles. The first-order valence-electron chi connectivity index (χ1n) is 7.54. The lowest BCUT2D eigenvalue weighted by Gasteiger charge is -2.31. The van der Waals surface area contributed by atoms with Crippen LogP contribution < -0.4 is 0 Å². The van der Waals surface area contributed by atoms with E-state index in [1.807, 2.05) is 0 Å². The number of likely N-dealkylation sites (tertiary alicyclic amines) is 1. The Morgan fingerprint density at radius 3 is 2.67 bits per heavy atom. The summed E-state index contributed by atoms with van der Waals surface area (Å²) in [5.74, 6) is 0.587. The van der Waals surface area contributed by atoms with Gasteiger partial charge in [-0.15, -0.1) is 0 Å². The van der Waals surface area contributed by atoms with Crippen LogP contribution in [-0.2, 0) is 20.4 Å². The van der Waals surface area contributed by atoms with Crippen molar-refractivity contribution < 1.29 is 17.6 Å². The normalized spacial score (nSPS) is 17.1. The van der Waals surface area contributed by atoms with Crippen molar-refractivity contribution in [2.75, 3.05) is 13.1 Å². The smallest absolute Gasteiger partial charge is 0.222 e. The lowest BCUT2D eigenvalue weighted by atomic mass is 10.1. The van der Waals surface area contributed by atoms with E-state index in [9.17, 15) is 13.2 Å². The van der Waals surface area contributed by atoms with Crippen LogP contribution in [0.1, 0.15) is 44.8 Å². The monoisotopic (exact) mass is 313 g/mol. The first-order chi connectivity index (χ1) is 10.0. The molecule has 1 saturated heterocycles. The fraction of sp³-hybridized carbons (Fsp3) is 0.667. The number of hydrogen-bond acceptors (Lipinski definition) is 4. The Balaban J connectivity index is 1.87. The molecule has 0 radical (unpaired) electrons. The maximum atomic E-state index is 12.3. The summed E-state index contributed by atoms with van der Waals surface area (Å²) in [6.07, 6.45) is 5.01. The van der Waals surface area contributed by atoms with Gasteiger partial charge in [0.15, 0.2) is 9.84 Å². The summed E-state index contributed by atoms with van der Waals surface area (Å²) >= 11 is 0. The van der Waals surface area contributed by atoms with Crippen LogP contribution in [0.25, 0.3) is 0 Å².